The molecule has 0 aliphatic carbocycles. The van der Waals surface area contributed by atoms with Crippen LogP contribution < -0.4 is 0 Å². The number of nitrogens with zero attached hydrogens (tertiary/aromatic N) is 1. The van der Waals surface area contributed by atoms with Gasteiger partial charge >= 0.3 is 5.97 Å². The number of carbonyl (C=O) groups is 2. The number of hydrogen-bond donors (Lipinski definition) is 1. The predicted octanol–water partition coefficient (Wildman–Crippen LogP) is 4.13. The van der Waals surface area contributed by atoms with Gasteiger partial charge < -0.3 is 10.0 Å². The van der Waals surface area contributed by atoms with Crippen molar-refractivity contribution in [3.8, 4) is 0 Å². The minimum Gasteiger partial charge on any atom is -0.481 e. The Bertz CT molecular complexity index is 720. The molecule has 1 amide bonds. The first kappa shape index (κ1) is 18.6. The Morgan fingerprint density at radius 2 is 1.76 bits per heavy atom. The van der Waals surface area contributed by atoms with Gasteiger partial charge in [-0.2, -0.15) is 0 Å². The fourth-order valence-electron chi connectivity index (χ4n) is 2.47. The summed E-state index contributed by atoms with van der Waals surface area (Å²) >= 11 is 0. The Hall–Kier alpha value is -2.76. The molecule has 2 aromatic carbocycles. The van der Waals surface area contributed by atoms with Crippen molar-refractivity contribution >= 4 is 11.9 Å². The van der Waals surface area contributed by atoms with Crippen molar-refractivity contribution < 1.29 is 23.5 Å². The van der Waals surface area contributed by atoms with Gasteiger partial charge in [0.2, 0.25) is 0 Å². The number of hydrogen-bond acceptors (Lipinski definition) is 2. The summed E-state index contributed by atoms with van der Waals surface area (Å²) in [6, 6.07) is 14.6. The number of amides is 1. The van der Waals surface area contributed by atoms with Gasteiger partial charge in [0.25, 0.3) is 12.3 Å². The Morgan fingerprint density at radius 1 is 1.04 bits per heavy atom. The van der Waals surface area contributed by atoms with E-state index in [-0.39, 0.29) is 30.6 Å². The lowest BCUT2D eigenvalue weighted by molar-refractivity contribution is -0.137. The van der Waals surface area contributed by atoms with Crippen LogP contribution in [0.4, 0.5) is 8.78 Å². The van der Waals surface area contributed by atoms with Crippen molar-refractivity contribution in [1.29, 1.82) is 0 Å². The summed E-state index contributed by atoms with van der Waals surface area (Å²) in [5.41, 5.74) is 0.844. The minimum absolute atomic E-state index is 0.0599. The molecule has 0 saturated carbocycles. The van der Waals surface area contributed by atoms with Crippen LogP contribution in [-0.2, 0) is 11.3 Å². The maximum absolute atomic E-state index is 12.9. The average molecular weight is 347 g/mol. The third-order valence-corrected chi connectivity index (χ3v) is 3.71. The highest BCUT2D eigenvalue weighted by Gasteiger charge is 2.18. The normalized spacial score (nSPS) is 10.7. The molecule has 25 heavy (non-hydrogen) atoms. The van der Waals surface area contributed by atoms with E-state index in [1.165, 1.54) is 29.2 Å². The highest BCUT2D eigenvalue weighted by Crippen LogP contribution is 2.21. The van der Waals surface area contributed by atoms with Crippen molar-refractivity contribution in [1.82, 2.24) is 4.90 Å². The topological polar surface area (TPSA) is 57.6 Å². The largest absolute Gasteiger partial charge is 0.481 e. The summed E-state index contributed by atoms with van der Waals surface area (Å²) in [4.78, 5) is 24.9. The van der Waals surface area contributed by atoms with Gasteiger partial charge in [0, 0.05) is 30.6 Å². The zero-order valence-electron chi connectivity index (χ0n) is 13.6. The molecule has 6 heteroatoms. The molecular weight excluding hydrogens is 328 g/mol. The summed E-state index contributed by atoms with van der Waals surface area (Å²) in [6.07, 6.45) is -2.42. The number of rotatable bonds is 8. The second-order valence-electron chi connectivity index (χ2n) is 5.64. The third kappa shape index (κ3) is 5.67. The van der Waals surface area contributed by atoms with Crippen LogP contribution in [0.2, 0.25) is 0 Å². The van der Waals surface area contributed by atoms with E-state index < -0.39 is 18.3 Å². The van der Waals surface area contributed by atoms with E-state index >= 15 is 0 Å². The van der Waals surface area contributed by atoms with Crippen LogP contribution in [0.25, 0.3) is 0 Å². The molecule has 132 valence electrons. The van der Waals surface area contributed by atoms with Crippen LogP contribution in [-0.4, -0.2) is 28.4 Å². The van der Waals surface area contributed by atoms with Crippen molar-refractivity contribution in [2.75, 3.05) is 6.54 Å². The van der Waals surface area contributed by atoms with Gasteiger partial charge in [0.15, 0.2) is 0 Å². The fourth-order valence-corrected chi connectivity index (χ4v) is 2.47. The first-order valence-corrected chi connectivity index (χ1v) is 7.90. The summed E-state index contributed by atoms with van der Waals surface area (Å²) < 4.78 is 25.7. The SMILES string of the molecule is O=C(O)CCCN(Cc1ccccc1)C(=O)c1cccc(C(F)F)c1. The number of halogens is 2. The molecule has 0 unspecified atom stereocenters. The Kier molecular flexibility index (Phi) is 6.62. The van der Waals surface area contributed by atoms with Gasteiger partial charge in [-0.15, -0.1) is 0 Å². The molecule has 2 rings (SSSR count). The smallest absolute Gasteiger partial charge is 0.303 e. The highest BCUT2D eigenvalue weighted by molar-refractivity contribution is 5.94. The van der Waals surface area contributed by atoms with Gasteiger partial charge in [0.1, 0.15) is 0 Å². The lowest BCUT2D eigenvalue weighted by Gasteiger charge is -2.23. The molecule has 0 aliphatic rings. The number of benzene rings is 2. The zero-order chi connectivity index (χ0) is 18.2. The third-order valence-electron chi connectivity index (χ3n) is 3.71. The minimum atomic E-state index is -2.65. The van der Waals surface area contributed by atoms with Gasteiger partial charge in [-0.1, -0.05) is 42.5 Å². The molecule has 0 aromatic heterocycles. The van der Waals surface area contributed by atoms with Crippen LogP contribution in [0.3, 0.4) is 0 Å². The Balaban J connectivity index is 2.19. The van der Waals surface area contributed by atoms with E-state index in [0.29, 0.717) is 6.42 Å². The number of alkyl halides is 2. The average Bonchev–Trinajstić information content (AvgIpc) is 2.61. The van der Waals surface area contributed by atoms with E-state index in [9.17, 15) is 18.4 Å². The van der Waals surface area contributed by atoms with E-state index in [0.717, 1.165) is 5.56 Å². The lowest BCUT2D eigenvalue weighted by atomic mass is 10.1. The van der Waals surface area contributed by atoms with E-state index in [1.54, 1.807) is 0 Å². The van der Waals surface area contributed by atoms with Gasteiger partial charge in [-0.05, 0) is 24.1 Å². The molecule has 4 nitrogen and oxygen atoms in total. The summed E-state index contributed by atoms with van der Waals surface area (Å²) in [6.45, 7) is 0.525. The molecular formula is C19H19F2NO3. The van der Waals surface area contributed by atoms with Crippen LogP contribution in [0.15, 0.2) is 54.6 Å². The second-order valence-corrected chi connectivity index (χ2v) is 5.64. The molecule has 0 heterocycles. The number of carboxylic acids is 1. The van der Waals surface area contributed by atoms with Crippen LogP contribution >= 0.6 is 0 Å². The van der Waals surface area contributed by atoms with Crippen LogP contribution in [0, 0.1) is 0 Å². The Labute approximate surface area is 144 Å². The maximum atomic E-state index is 12.9. The van der Waals surface area contributed by atoms with Crippen molar-refractivity contribution in [2.24, 2.45) is 0 Å². The summed E-state index contributed by atoms with van der Waals surface area (Å²) in [5, 5.41) is 8.78. The zero-order valence-corrected chi connectivity index (χ0v) is 13.6. The van der Waals surface area contributed by atoms with Crippen molar-refractivity contribution in [3.63, 3.8) is 0 Å². The molecule has 0 bridgehead atoms. The monoisotopic (exact) mass is 347 g/mol. The highest BCUT2D eigenvalue weighted by atomic mass is 19.3. The maximum Gasteiger partial charge on any atom is 0.303 e. The van der Waals surface area contributed by atoms with Gasteiger partial charge in [-0.3, -0.25) is 9.59 Å². The predicted molar refractivity (Wildman–Crippen MR) is 89.5 cm³/mol. The molecule has 0 radical (unpaired) electrons. The van der Waals surface area contributed by atoms with E-state index in [1.807, 2.05) is 30.3 Å². The number of aliphatic carboxylic acids is 1. The molecule has 0 spiro atoms. The molecule has 0 fully saturated rings. The molecule has 0 aliphatic heterocycles. The molecule has 1 N–H and O–H groups in total. The lowest BCUT2D eigenvalue weighted by Crippen LogP contribution is -2.32. The van der Waals surface area contributed by atoms with E-state index in [2.05, 4.69) is 0 Å². The fraction of sp³-hybridized carbons (Fsp3) is 0.263. The van der Waals surface area contributed by atoms with Crippen molar-refractivity contribution in [2.45, 2.75) is 25.8 Å². The molecule has 0 atom stereocenters. The Morgan fingerprint density at radius 3 is 2.40 bits per heavy atom. The molecule has 0 saturated heterocycles. The number of carboxylic acid groups (broad SMARTS) is 1. The summed E-state index contributed by atoms with van der Waals surface area (Å²) in [5.74, 6) is -1.33. The first-order valence-electron chi connectivity index (χ1n) is 7.90. The van der Waals surface area contributed by atoms with Crippen molar-refractivity contribution in [3.05, 3.63) is 71.3 Å². The quantitative estimate of drug-likeness (QED) is 0.781. The van der Waals surface area contributed by atoms with Crippen LogP contribution in [0.1, 0.15) is 40.8 Å². The van der Waals surface area contributed by atoms with Gasteiger partial charge in [-0.25, -0.2) is 8.78 Å². The second kappa shape index (κ2) is 8.92. The first-order chi connectivity index (χ1) is 12.0. The standard InChI is InChI=1S/C19H19F2NO3/c20-18(21)15-8-4-9-16(12-15)19(25)22(11-5-10-17(23)24)13-14-6-2-1-3-7-14/h1-4,6-9,12,18H,5,10-11,13H2,(H,23,24). The summed E-state index contributed by atoms with van der Waals surface area (Å²) in [7, 11) is 0. The van der Waals surface area contributed by atoms with Gasteiger partial charge in [0.05, 0.1) is 0 Å². The van der Waals surface area contributed by atoms with E-state index in [4.69, 9.17) is 5.11 Å². The molecule has 2 aromatic rings. The van der Waals surface area contributed by atoms with Crippen LogP contribution in [0.5, 0.6) is 0 Å². The number of carbonyl (C=O) groups excluding carboxylic acids is 1.